The van der Waals surface area contributed by atoms with Gasteiger partial charge in [-0.05, 0) is 34.6 Å². The zero-order valence-corrected chi connectivity index (χ0v) is 12.4. The lowest BCUT2D eigenvalue weighted by molar-refractivity contribution is -0.117. The molecule has 0 saturated carbocycles. The van der Waals surface area contributed by atoms with Crippen molar-refractivity contribution in [2.24, 2.45) is 0 Å². The summed E-state index contributed by atoms with van der Waals surface area (Å²) in [5, 5.41) is 13.7. The Kier molecular flexibility index (Phi) is 4.82. The van der Waals surface area contributed by atoms with Gasteiger partial charge in [0.15, 0.2) is 0 Å². The Morgan fingerprint density at radius 1 is 1.32 bits per heavy atom. The van der Waals surface area contributed by atoms with Crippen LogP contribution in [0.15, 0.2) is 0 Å². The lowest BCUT2D eigenvalue weighted by atomic mass is 10.2. The van der Waals surface area contributed by atoms with Crippen molar-refractivity contribution in [3.63, 3.8) is 0 Å². The lowest BCUT2D eigenvalue weighted by Crippen LogP contribution is -2.43. The molecule has 1 heterocycles. The number of alkyl carbamates (subject to hydrolysis) is 1. The summed E-state index contributed by atoms with van der Waals surface area (Å²) in [5.74, 6) is -0.373. The molecule has 0 aliphatic rings. The minimum absolute atomic E-state index is 0.373. The summed E-state index contributed by atoms with van der Waals surface area (Å²) in [5.41, 5.74) is -0.601. The van der Waals surface area contributed by atoms with E-state index < -0.39 is 17.7 Å². The van der Waals surface area contributed by atoms with Crippen LogP contribution in [0.1, 0.15) is 32.7 Å². The zero-order valence-electron chi connectivity index (χ0n) is 11.6. The van der Waals surface area contributed by atoms with Gasteiger partial charge in [-0.2, -0.15) is 0 Å². The smallest absolute Gasteiger partial charge is 0.408 e. The highest BCUT2D eigenvalue weighted by molar-refractivity contribution is 7.15. The molecule has 8 heteroatoms. The van der Waals surface area contributed by atoms with Crippen molar-refractivity contribution in [2.45, 2.75) is 46.3 Å². The molecule has 1 rings (SSSR count). The molecule has 0 aliphatic carbocycles. The zero-order chi connectivity index (χ0) is 14.6. The SMILES string of the molecule is Cc1nnc(NC(=O)C(C)NC(=O)OC(C)(C)C)s1. The number of rotatable bonds is 3. The summed E-state index contributed by atoms with van der Waals surface area (Å²) in [7, 11) is 0. The van der Waals surface area contributed by atoms with Crippen LogP contribution < -0.4 is 10.6 Å². The van der Waals surface area contributed by atoms with Crippen LogP contribution in [0, 0.1) is 6.92 Å². The number of carbonyl (C=O) groups excluding carboxylic acids is 2. The van der Waals surface area contributed by atoms with Crippen molar-refractivity contribution in [3.05, 3.63) is 5.01 Å². The van der Waals surface area contributed by atoms with Crippen LogP contribution >= 0.6 is 11.3 Å². The number of carbonyl (C=O) groups is 2. The molecule has 0 fully saturated rings. The van der Waals surface area contributed by atoms with Crippen LogP contribution in [-0.2, 0) is 9.53 Å². The highest BCUT2D eigenvalue weighted by atomic mass is 32.1. The average Bonchev–Trinajstić information content (AvgIpc) is 2.60. The van der Waals surface area contributed by atoms with Gasteiger partial charge in [-0.25, -0.2) is 4.79 Å². The predicted molar refractivity (Wildman–Crippen MR) is 72.1 cm³/mol. The van der Waals surface area contributed by atoms with E-state index in [0.29, 0.717) is 5.13 Å². The number of nitrogens with one attached hydrogen (secondary N) is 2. The highest BCUT2D eigenvalue weighted by Crippen LogP contribution is 2.13. The van der Waals surface area contributed by atoms with Crippen molar-refractivity contribution in [1.29, 1.82) is 0 Å². The first-order chi connectivity index (χ1) is 8.67. The van der Waals surface area contributed by atoms with E-state index in [1.807, 2.05) is 0 Å². The first kappa shape index (κ1) is 15.4. The molecule has 1 atom stereocenters. The number of aryl methyl sites for hydroxylation is 1. The van der Waals surface area contributed by atoms with Crippen molar-refractivity contribution >= 4 is 28.5 Å². The third kappa shape index (κ3) is 5.64. The fraction of sp³-hybridized carbons (Fsp3) is 0.636. The minimum Gasteiger partial charge on any atom is -0.444 e. The largest absolute Gasteiger partial charge is 0.444 e. The fourth-order valence-electron chi connectivity index (χ4n) is 1.11. The van der Waals surface area contributed by atoms with Crippen molar-refractivity contribution < 1.29 is 14.3 Å². The normalized spacial score (nSPS) is 12.7. The second kappa shape index (κ2) is 5.96. The number of hydrogen-bond acceptors (Lipinski definition) is 6. The van der Waals surface area contributed by atoms with Crippen LogP contribution in [0.2, 0.25) is 0 Å². The van der Waals surface area contributed by atoms with Gasteiger partial charge in [-0.1, -0.05) is 11.3 Å². The molecule has 7 nitrogen and oxygen atoms in total. The number of hydrogen-bond donors (Lipinski definition) is 2. The predicted octanol–water partition coefficient (Wildman–Crippen LogP) is 1.70. The van der Waals surface area contributed by atoms with Crippen molar-refractivity contribution in [2.75, 3.05) is 5.32 Å². The molecule has 0 aliphatic heterocycles. The lowest BCUT2D eigenvalue weighted by Gasteiger charge is -2.21. The molecule has 0 radical (unpaired) electrons. The molecule has 1 aromatic rings. The first-order valence-electron chi connectivity index (χ1n) is 5.78. The Morgan fingerprint density at radius 2 is 1.95 bits per heavy atom. The maximum atomic E-state index is 11.8. The van der Waals surface area contributed by atoms with Crippen molar-refractivity contribution in [1.82, 2.24) is 15.5 Å². The van der Waals surface area contributed by atoms with Crippen LogP contribution in [0.5, 0.6) is 0 Å². The van der Waals surface area contributed by atoms with E-state index in [9.17, 15) is 9.59 Å². The Hall–Kier alpha value is -1.70. The van der Waals surface area contributed by atoms with Crippen LogP contribution in [-0.4, -0.2) is 33.8 Å². The summed E-state index contributed by atoms with van der Waals surface area (Å²) < 4.78 is 5.06. The van der Waals surface area contributed by atoms with Crippen LogP contribution in [0.4, 0.5) is 9.93 Å². The van der Waals surface area contributed by atoms with Crippen LogP contribution in [0.25, 0.3) is 0 Å². The highest BCUT2D eigenvalue weighted by Gasteiger charge is 2.21. The molecule has 0 spiro atoms. The second-order valence-electron chi connectivity index (χ2n) is 4.98. The third-order valence-electron chi connectivity index (χ3n) is 1.88. The fourth-order valence-corrected chi connectivity index (χ4v) is 1.71. The summed E-state index contributed by atoms with van der Waals surface area (Å²) in [6, 6.07) is -0.723. The van der Waals surface area contributed by atoms with Gasteiger partial charge in [0.2, 0.25) is 11.0 Å². The molecular weight excluding hydrogens is 268 g/mol. The average molecular weight is 286 g/mol. The molecule has 19 heavy (non-hydrogen) atoms. The van der Waals surface area contributed by atoms with Gasteiger partial charge >= 0.3 is 6.09 Å². The van der Waals surface area contributed by atoms with Gasteiger partial charge in [-0.15, -0.1) is 10.2 Å². The Bertz CT molecular complexity index is 467. The van der Waals surface area contributed by atoms with E-state index in [0.717, 1.165) is 5.01 Å². The van der Waals surface area contributed by atoms with E-state index in [-0.39, 0.29) is 5.91 Å². The number of nitrogens with zero attached hydrogens (tertiary/aromatic N) is 2. The molecule has 0 saturated heterocycles. The molecule has 2 amide bonds. The maximum absolute atomic E-state index is 11.8. The summed E-state index contributed by atoms with van der Waals surface area (Å²) in [6.07, 6.45) is -0.636. The first-order valence-corrected chi connectivity index (χ1v) is 6.59. The van der Waals surface area contributed by atoms with Gasteiger partial charge in [-0.3, -0.25) is 10.1 Å². The van der Waals surface area contributed by atoms with E-state index in [4.69, 9.17) is 4.74 Å². The van der Waals surface area contributed by atoms with Gasteiger partial charge in [0.25, 0.3) is 0 Å². The molecule has 1 unspecified atom stereocenters. The molecule has 0 bridgehead atoms. The minimum atomic E-state index is -0.723. The van der Waals surface area contributed by atoms with E-state index in [2.05, 4.69) is 20.8 Å². The quantitative estimate of drug-likeness (QED) is 0.882. The Balaban J connectivity index is 2.47. The van der Waals surface area contributed by atoms with Crippen molar-refractivity contribution in [3.8, 4) is 0 Å². The molecule has 0 aromatic carbocycles. The standard InChI is InChI=1S/C11H18N4O3S/c1-6(12-10(17)18-11(3,4)5)8(16)13-9-15-14-7(2)19-9/h6H,1-5H3,(H,12,17)(H,13,15,16). The number of amides is 2. The molecular formula is C11H18N4O3S. The maximum Gasteiger partial charge on any atom is 0.408 e. The summed E-state index contributed by atoms with van der Waals surface area (Å²) in [4.78, 5) is 23.3. The topological polar surface area (TPSA) is 93.2 Å². The van der Waals surface area contributed by atoms with Crippen LogP contribution in [0.3, 0.4) is 0 Å². The Morgan fingerprint density at radius 3 is 2.42 bits per heavy atom. The Labute approximate surface area is 115 Å². The van der Waals surface area contributed by atoms with E-state index >= 15 is 0 Å². The third-order valence-corrected chi connectivity index (χ3v) is 2.64. The van der Waals surface area contributed by atoms with E-state index in [1.165, 1.54) is 11.3 Å². The van der Waals surface area contributed by atoms with Gasteiger partial charge in [0.1, 0.15) is 16.7 Å². The summed E-state index contributed by atoms with van der Waals surface area (Å²) >= 11 is 1.26. The summed E-state index contributed by atoms with van der Waals surface area (Å²) in [6.45, 7) is 8.60. The molecule has 2 N–H and O–H groups in total. The monoisotopic (exact) mass is 286 g/mol. The number of ether oxygens (including phenoxy) is 1. The number of aromatic nitrogens is 2. The van der Waals surface area contributed by atoms with E-state index in [1.54, 1.807) is 34.6 Å². The molecule has 1 aromatic heterocycles. The molecule has 106 valence electrons. The van der Waals surface area contributed by atoms with Gasteiger partial charge in [0, 0.05) is 0 Å². The number of anilines is 1. The van der Waals surface area contributed by atoms with Gasteiger partial charge in [0.05, 0.1) is 0 Å². The second-order valence-corrected chi connectivity index (χ2v) is 6.17. The van der Waals surface area contributed by atoms with Gasteiger partial charge < -0.3 is 10.1 Å².